The van der Waals surface area contributed by atoms with Crippen LogP contribution in [0, 0.1) is 11.8 Å². The molecule has 114 valence electrons. The second kappa shape index (κ2) is 6.67. The van der Waals surface area contributed by atoms with E-state index < -0.39 is 5.91 Å². The molecule has 1 aliphatic rings. The number of nitrogens with zero attached hydrogens (tertiary/aromatic N) is 1. The molecule has 1 aromatic rings. The van der Waals surface area contributed by atoms with Crippen LogP contribution in [0.3, 0.4) is 0 Å². The molecule has 1 unspecified atom stereocenters. The molecule has 0 aromatic carbocycles. The average Bonchev–Trinajstić information content (AvgIpc) is 2.47. The lowest BCUT2D eigenvalue weighted by Gasteiger charge is -2.29. The van der Waals surface area contributed by atoms with Crippen LogP contribution in [0.15, 0.2) is 18.3 Å². The van der Waals surface area contributed by atoms with Gasteiger partial charge in [-0.15, -0.1) is 0 Å². The first-order valence-corrected chi connectivity index (χ1v) is 7.29. The van der Waals surface area contributed by atoms with E-state index in [0.717, 1.165) is 25.7 Å². The molecule has 1 heterocycles. The Hall–Kier alpha value is -1.95. The first kappa shape index (κ1) is 15.4. The lowest BCUT2D eigenvalue weighted by atomic mass is 9.79. The maximum atomic E-state index is 12.2. The van der Waals surface area contributed by atoms with Gasteiger partial charge in [0.1, 0.15) is 5.69 Å². The van der Waals surface area contributed by atoms with Crippen LogP contribution in [-0.4, -0.2) is 22.8 Å². The molecule has 0 bridgehead atoms. The van der Waals surface area contributed by atoms with Gasteiger partial charge in [-0.25, -0.2) is 0 Å². The van der Waals surface area contributed by atoms with Crippen molar-refractivity contribution in [2.24, 2.45) is 23.3 Å². The van der Waals surface area contributed by atoms with Crippen LogP contribution < -0.4 is 16.8 Å². The van der Waals surface area contributed by atoms with Crippen LogP contribution in [0.4, 0.5) is 5.69 Å². The highest BCUT2D eigenvalue weighted by atomic mass is 16.2. The summed E-state index contributed by atoms with van der Waals surface area (Å²) in [5.74, 6) is -0.107. The number of aromatic nitrogens is 1. The Morgan fingerprint density at radius 3 is 2.57 bits per heavy atom. The van der Waals surface area contributed by atoms with Crippen molar-refractivity contribution in [3.05, 3.63) is 24.0 Å². The number of anilines is 1. The lowest BCUT2D eigenvalue weighted by molar-refractivity contribution is -0.121. The Bertz CT molecular complexity index is 522. The number of nitrogens with two attached hydrogens (primary N) is 2. The molecular weight excluding hydrogens is 268 g/mol. The summed E-state index contributed by atoms with van der Waals surface area (Å²) in [5.41, 5.74) is 11.8. The number of carbonyl (C=O) groups is 2. The predicted molar refractivity (Wildman–Crippen MR) is 80.5 cm³/mol. The summed E-state index contributed by atoms with van der Waals surface area (Å²) in [6, 6.07) is 3.33. The van der Waals surface area contributed by atoms with Crippen LogP contribution in [0.1, 0.15) is 43.1 Å². The first-order chi connectivity index (χ1) is 9.97. The molecule has 6 heteroatoms. The van der Waals surface area contributed by atoms with Crippen molar-refractivity contribution < 1.29 is 9.59 Å². The van der Waals surface area contributed by atoms with Gasteiger partial charge < -0.3 is 16.8 Å². The van der Waals surface area contributed by atoms with Crippen molar-refractivity contribution >= 4 is 17.5 Å². The summed E-state index contributed by atoms with van der Waals surface area (Å²) < 4.78 is 0. The highest BCUT2D eigenvalue weighted by Crippen LogP contribution is 2.31. The largest absolute Gasteiger partial charge is 0.364 e. The third kappa shape index (κ3) is 4.01. The van der Waals surface area contributed by atoms with E-state index in [2.05, 4.69) is 10.3 Å². The highest BCUT2D eigenvalue weighted by molar-refractivity contribution is 5.95. The third-order valence-corrected chi connectivity index (χ3v) is 4.17. The van der Waals surface area contributed by atoms with E-state index in [1.807, 2.05) is 6.92 Å². The number of carbonyl (C=O) groups excluding carboxylic acids is 2. The summed E-state index contributed by atoms with van der Waals surface area (Å²) in [6.07, 6.45) is 5.14. The number of amides is 2. The molecule has 6 nitrogen and oxygen atoms in total. The lowest BCUT2D eigenvalue weighted by Crippen LogP contribution is -2.33. The van der Waals surface area contributed by atoms with E-state index in [9.17, 15) is 9.59 Å². The minimum atomic E-state index is -0.608. The average molecular weight is 290 g/mol. The van der Waals surface area contributed by atoms with Gasteiger partial charge in [-0.1, -0.05) is 0 Å². The molecule has 1 fully saturated rings. The van der Waals surface area contributed by atoms with Crippen molar-refractivity contribution in [2.45, 2.75) is 38.6 Å². The molecule has 0 aliphatic heterocycles. The Kier molecular flexibility index (Phi) is 4.90. The number of primary amides is 1. The van der Waals surface area contributed by atoms with Crippen molar-refractivity contribution in [1.29, 1.82) is 0 Å². The van der Waals surface area contributed by atoms with Crippen LogP contribution in [-0.2, 0) is 4.79 Å². The highest BCUT2D eigenvalue weighted by Gasteiger charge is 2.27. The summed E-state index contributed by atoms with van der Waals surface area (Å²) in [7, 11) is 0. The van der Waals surface area contributed by atoms with Crippen molar-refractivity contribution in [1.82, 2.24) is 4.98 Å². The van der Waals surface area contributed by atoms with Gasteiger partial charge in [0, 0.05) is 23.8 Å². The molecule has 5 N–H and O–H groups in total. The van der Waals surface area contributed by atoms with Crippen molar-refractivity contribution in [3.63, 3.8) is 0 Å². The summed E-state index contributed by atoms with van der Waals surface area (Å²) >= 11 is 0. The smallest absolute Gasteiger partial charge is 0.267 e. The van der Waals surface area contributed by atoms with Gasteiger partial charge in [0.05, 0.1) is 0 Å². The van der Waals surface area contributed by atoms with E-state index in [0.29, 0.717) is 11.6 Å². The molecule has 2 amide bonds. The monoisotopic (exact) mass is 290 g/mol. The van der Waals surface area contributed by atoms with Crippen molar-refractivity contribution in [3.8, 4) is 0 Å². The molecule has 21 heavy (non-hydrogen) atoms. The van der Waals surface area contributed by atoms with Gasteiger partial charge in [0.15, 0.2) is 0 Å². The van der Waals surface area contributed by atoms with Gasteiger partial charge in [-0.3, -0.25) is 14.6 Å². The van der Waals surface area contributed by atoms with Gasteiger partial charge in [0.2, 0.25) is 5.91 Å². The molecule has 0 spiro atoms. The molecule has 2 rings (SSSR count). The molecule has 0 radical (unpaired) electrons. The standard InChI is InChI=1S/C15H22N4O2/c1-9(16)10-2-4-11(5-3-10)15(21)19-12-6-7-18-13(8-12)14(17)20/h6-11H,2-5,16H2,1H3,(H2,17,20)(H,18,19,21)/t9?,10-,11-. The van der Waals surface area contributed by atoms with Gasteiger partial charge in [0.25, 0.3) is 5.91 Å². The molecule has 1 aliphatic carbocycles. The van der Waals surface area contributed by atoms with Gasteiger partial charge in [-0.05, 0) is 50.7 Å². The van der Waals surface area contributed by atoms with E-state index in [1.54, 1.807) is 6.07 Å². The number of nitrogens with one attached hydrogen (secondary N) is 1. The molecule has 1 aromatic heterocycles. The number of rotatable bonds is 4. The fraction of sp³-hybridized carbons (Fsp3) is 0.533. The second-order valence-corrected chi connectivity index (χ2v) is 5.75. The molecule has 1 saturated carbocycles. The zero-order valence-corrected chi connectivity index (χ0v) is 12.2. The maximum Gasteiger partial charge on any atom is 0.267 e. The Morgan fingerprint density at radius 2 is 2.00 bits per heavy atom. The van der Waals surface area contributed by atoms with Crippen molar-refractivity contribution in [2.75, 3.05) is 5.32 Å². The maximum absolute atomic E-state index is 12.2. The first-order valence-electron chi connectivity index (χ1n) is 7.29. The van der Waals surface area contributed by atoms with Crippen LogP contribution in [0.25, 0.3) is 0 Å². The second-order valence-electron chi connectivity index (χ2n) is 5.75. The summed E-state index contributed by atoms with van der Waals surface area (Å²) in [4.78, 5) is 27.2. The topological polar surface area (TPSA) is 111 Å². The van der Waals surface area contributed by atoms with Gasteiger partial charge >= 0.3 is 0 Å². The molecule has 0 saturated heterocycles. The summed E-state index contributed by atoms with van der Waals surface area (Å²) in [5, 5.41) is 2.83. The quantitative estimate of drug-likeness (QED) is 0.775. The van der Waals surface area contributed by atoms with Crippen LogP contribution >= 0.6 is 0 Å². The number of hydrogen-bond acceptors (Lipinski definition) is 4. The Morgan fingerprint density at radius 1 is 1.33 bits per heavy atom. The zero-order valence-electron chi connectivity index (χ0n) is 12.2. The Labute approximate surface area is 124 Å². The SMILES string of the molecule is CC(N)[C@H]1CC[C@H](C(=O)Nc2ccnc(C(N)=O)c2)CC1. The minimum Gasteiger partial charge on any atom is -0.364 e. The van der Waals surface area contributed by atoms with Crippen LogP contribution in [0.5, 0.6) is 0 Å². The third-order valence-electron chi connectivity index (χ3n) is 4.17. The number of pyridine rings is 1. The minimum absolute atomic E-state index is 0.00481. The predicted octanol–water partition coefficient (Wildman–Crippen LogP) is 1.27. The molecule has 1 atom stereocenters. The number of hydrogen-bond donors (Lipinski definition) is 3. The fourth-order valence-corrected chi connectivity index (χ4v) is 2.79. The van der Waals surface area contributed by atoms with E-state index in [1.165, 1.54) is 12.3 Å². The summed E-state index contributed by atoms with van der Waals surface area (Å²) in [6.45, 7) is 2.02. The zero-order chi connectivity index (χ0) is 15.4. The molecular formula is C15H22N4O2. The Balaban J connectivity index is 1.93. The van der Waals surface area contributed by atoms with E-state index >= 15 is 0 Å². The van der Waals surface area contributed by atoms with E-state index in [4.69, 9.17) is 11.5 Å². The normalized spacial score (nSPS) is 23.3. The van der Waals surface area contributed by atoms with Crippen LogP contribution in [0.2, 0.25) is 0 Å². The van der Waals surface area contributed by atoms with E-state index in [-0.39, 0.29) is 23.6 Å². The van der Waals surface area contributed by atoms with Gasteiger partial charge in [-0.2, -0.15) is 0 Å². The fourth-order valence-electron chi connectivity index (χ4n) is 2.79.